The highest BCUT2D eigenvalue weighted by Gasteiger charge is 2.15. The lowest BCUT2D eigenvalue weighted by Crippen LogP contribution is -2.30. The molecule has 1 aromatic heterocycles. The van der Waals surface area contributed by atoms with Crippen molar-refractivity contribution in [2.45, 2.75) is 13.0 Å². The van der Waals surface area contributed by atoms with E-state index >= 15 is 0 Å². The molecule has 3 rings (SSSR count). The number of nitrogens with one attached hydrogen (secondary N) is 1. The first-order valence-corrected chi connectivity index (χ1v) is 8.01. The van der Waals surface area contributed by atoms with Crippen LogP contribution < -0.4 is 10.1 Å². The number of nitrogens with zero attached hydrogens (tertiary/aromatic N) is 2. The lowest BCUT2D eigenvalue weighted by molar-refractivity contribution is -0.122. The van der Waals surface area contributed by atoms with Gasteiger partial charge in [-0.2, -0.15) is 0 Å². The molecular weight excluding hydrogens is 374 g/mol. The molecule has 3 aromatic rings. The van der Waals surface area contributed by atoms with Gasteiger partial charge < -0.3 is 14.5 Å². The SMILES string of the molecule is CC(Oc1ccc(-c2nnco2)cc1)C(=O)Nc1cccc(Br)c1. The Kier molecular flexibility index (Phi) is 4.90. The predicted molar refractivity (Wildman–Crippen MR) is 92.6 cm³/mol. The smallest absolute Gasteiger partial charge is 0.265 e. The second-order valence-corrected chi connectivity index (χ2v) is 5.94. The third kappa shape index (κ3) is 3.99. The molecule has 0 saturated heterocycles. The molecule has 6 nitrogen and oxygen atoms in total. The maximum Gasteiger partial charge on any atom is 0.265 e. The Hall–Kier alpha value is -2.67. The number of ether oxygens (including phenoxy) is 1. The number of amides is 1. The van der Waals surface area contributed by atoms with Crippen molar-refractivity contribution >= 4 is 27.5 Å². The molecule has 0 saturated carbocycles. The molecule has 1 N–H and O–H groups in total. The van der Waals surface area contributed by atoms with E-state index in [1.54, 1.807) is 31.2 Å². The van der Waals surface area contributed by atoms with Gasteiger partial charge in [-0.05, 0) is 49.4 Å². The van der Waals surface area contributed by atoms with E-state index in [0.717, 1.165) is 10.0 Å². The summed E-state index contributed by atoms with van der Waals surface area (Å²) >= 11 is 3.37. The summed E-state index contributed by atoms with van der Waals surface area (Å²) in [4.78, 5) is 12.2. The maximum atomic E-state index is 12.2. The number of carbonyl (C=O) groups excluding carboxylic acids is 1. The highest BCUT2D eigenvalue weighted by molar-refractivity contribution is 9.10. The zero-order chi connectivity index (χ0) is 16.9. The van der Waals surface area contributed by atoms with Crippen molar-refractivity contribution in [3.63, 3.8) is 0 Å². The topological polar surface area (TPSA) is 77.2 Å². The van der Waals surface area contributed by atoms with Gasteiger partial charge in [0.1, 0.15) is 5.75 Å². The van der Waals surface area contributed by atoms with E-state index in [4.69, 9.17) is 9.15 Å². The van der Waals surface area contributed by atoms with Gasteiger partial charge in [-0.15, -0.1) is 10.2 Å². The van der Waals surface area contributed by atoms with Crippen LogP contribution in [0.15, 0.2) is 63.8 Å². The molecule has 0 aliphatic heterocycles. The number of hydrogen-bond acceptors (Lipinski definition) is 5. The van der Waals surface area contributed by atoms with E-state index in [2.05, 4.69) is 31.4 Å². The van der Waals surface area contributed by atoms with E-state index in [1.807, 2.05) is 24.3 Å². The molecule has 1 heterocycles. The molecule has 24 heavy (non-hydrogen) atoms. The monoisotopic (exact) mass is 387 g/mol. The minimum absolute atomic E-state index is 0.228. The zero-order valence-electron chi connectivity index (χ0n) is 12.8. The van der Waals surface area contributed by atoms with Crippen LogP contribution in [0, 0.1) is 0 Å². The highest BCUT2D eigenvalue weighted by Crippen LogP contribution is 2.21. The van der Waals surface area contributed by atoms with Crippen LogP contribution in [-0.4, -0.2) is 22.2 Å². The quantitative estimate of drug-likeness (QED) is 0.717. The molecule has 122 valence electrons. The summed E-state index contributed by atoms with van der Waals surface area (Å²) in [7, 11) is 0. The largest absolute Gasteiger partial charge is 0.481 e. The minimum atomic E-state index is -0.641. The average Bonchev–Trinajstić information content (AvgIpc) is 3.10. The summed E-state index contributed by atoms with van der Waals surface area (Å²) in [6, 6.07) is 14.5. The van der Waals surface area contributed by atoms with Crippen LogP contribution in [0.5, 0.6) is 5.75 Å². The van der Waals surface area contributed by atoms with Gasteiger partial charge in [-0.25, -0.2) is 0 Å². The minimum Gasteiger partial charge on any atom is -0.481 e. The number of carbonyl (C=O) groups is 1. The van der Waals surface area contributed by atoms with Crippen molar-refractivity contribution in [1.82, 2.24) is 10.2 Å². The summed E-state index contributed by atoms with van der Waals surface area (Å²) in [6.07, 6.45) is 0.631. The Labute approximate surface area is 147 Å². The fourth-order valence-electron chi connectivity index (χ4n) is 2.04. The standard InChI is InChI=1S/C17H14BrN3O3/c1-11(16(22)20-14-4-2-3-13(18)9-14)24-15-7-5-12(6-8-15)17-21-19-10-23-17/h2-11H,1H3,(H,20,22). The van der Waals surface area contributed by atoms with Crippen molar-refractivity contribution in [1.29, 1.82) is 0 Å². The molecule has 1 unspecified atom stereocenters. The highest BCUT2D eigenvalue weighted by atomic mass is 79.9. The van der Waals surface area contributed by atoms with Crippen LogP contribution in [0.2, 0.25) is 0 Å². The van der Waals surface area contributed by atoms with Crippen molar-refractivity contribution in [3.8, 4) is 17.2 Å². The van der Waals surface area contributed by atoms with E-state index in [1.165, 1.54) is 6.39 Å². The number of rotatable bonds is 5. The Morgan fingerprint density at radius 3 is 2.71 bits per heavy atom. The molecule has 1 atom stereocenters. The first-order valence-electron chi connectivity index (χ1n) is 7.21. The van der Waals surface area contributed by atoms with E-state index in [9.17, 15) is 4.79 Å². The van der Waals surface area contributed by atoms with Crippen molar-refractivity contribution in [2.24, 2.45) is 0 Å². The molecule has 0 bridgehead atoms. The molecule has 0 spiro atoms. The van der Waals surface area contributed by atoms with Crippen LogP contribution in [0.1, 0.15) is 6.92 Å². The average molecular weight is 388 g/mol. The molecular formula is C17H14BrN3O3. The molecule has 1 amide bonds. The Morgan fingerprint density at radius 1 is 1.25 bits per heavy atom. The lowest BCUT2D eigenvalue weighted by Gasteiger charge is -2.15. The molecule has 0 radical (unpaired) electrons. The molecule has 0 aliphatic carbocycles. The van der Waals surface area contributed by atoms with Gasteiger partial charge in [0, 0.05) is 15.7 Å². The molecule has 0 aliphatic rings. The second kappa shape index (κ2) is 7.27. The molecule has 7 heteroatoms. The van der Waals surface area contributed by atoms with Crippen molar-refractivity contribution in [3.05, 3.63) is 59.4 Å². The van der Waals surface area contributed by atoms with Crippen LogP contribution >= 0.6 is 15.9 Å². The summed E-state index contributed by atoms with van der Waals surface area (Å²) in [5, 5.41) is 10.3. The molecule has 0 fully saturated rings. The third-order valence-corrected chi connectivity index (χ3v) is 3.73. The van der Waals surface area contributed by atoms with E-state index < -0.39 is 6.10 Å². The normalized spacial score (nSPS) is 11.8. The van der Waals surface area contributed by atoms with Crippen LogP contribution in [0.3, 0.4) is 0 Å². The molecule has 2 aromatic carbocycles. The van der Waals surface area contributed by atoms with Gasteiger partial charge >= 0.3 is 0 Å². The third-order valence-electron chi connectivity index (χ3n) is 3.24. The maximum absolute atomic E-state index is 12.2. The summed E-state index contributed by atoms with van der Waals surface area (Å²) in [5.41, 5.74) is 1.49. The number of hydrogen-bond donors (Lipinski definition) is 1. The number of benzene rings is 2. The van der Waals surface area contributed by atoms with Gasteiger partial charge in [0.25, 0.3) is 5.91 Å². The number of aromatic nitrogens is 2. The Balaban J connectivity index is 1.61. The Morgan fingerprint density at radius 2 is 2.04 bits per heavy atom. The number of halogens is 1. The lowest BCUT2D eigenvalue weighted by atomic mass is 10.2. The van der Waals surface area contributed by atoms with Gasteiger partial charge in [0.05, 0.1) is 0 Å². The fraction of sp³-hybridized carbons (Fsp3) is 0.118. The first kappa shape index (κ1) is 16.2. The summed E-state index contributed by atoms with van der Waals surface area (Å²) in [6.45, 7) is 1.69. The van der Waals surface area contributed by atoms with E-state index in [-0.39, 0.29) is 5.91 Å². The van der Waals surface area contributed by atoms with Gasteiger partial charge in [0.15, 0.2) is 6.10 Å². The summed E-state index contributed by atoms with van der Waals surface area (Å²) < 4.78 is 11.7. The second-order valence-electron chi connectivity index (χ2n) is 5.03. The van der Waals surface area contributed by atoms with Crippen LogP contribution in [-0.2, 0) is 4.79 Å². The van der Waals surface area contributed by atoms with Crippen LogP contribution in [0.25, 0.3) is 11.5 Å². The first-order chi connectivity index (χ1) is 11.6. The summed E-state index contributed by atoms with van der Waals surface area (Å²) in [5.74, 6) is 0.784. The Bertz CT molecular complexity index is 819. The van der Waals surface area contributed by atoms with Gasteiger partial charge in [-0.1, -0.05) is 22.0 Å². The van der Waals surface area contributed by atoms with Crippen molar-refractivity contribution in [2.75, 3.05) is 5.32 Å². The van der Waals surface area contributed by atoms with Crippen molar-refractivity contribution < 1.29 is 13.9 Å². The predicted octanol–water partition coefficient (Wildman–Crippen LogP) is 3.91. The van der Waals surface area contributed by atoms with Gasteiger partial charge in [0.2, 0.25) is 12.3 Å². The fourth-order valence-corrected chi connectivity index (χ4v) is 2.44. The van der Waals surface area contributed by atoms with Crippen LogP contribution in [0.4, 0.5) is 5.69 Å². The zero-order valence-corrected chi connectivity index (χ0v) is 14.4. The number of anilines is 1. The van der Waals surface area contributed by atoms with E-state index in [0.29, 0.717) is 17.3 Å². The van der Waals surface area contributed by atoms with Gasteiger partial charge in [-0.3, -0.25) is 4.79 Å².